The van der Waals surface area contributed by atoms with E-state index in [1.54, 1.807) is 12.1 Å². The molecule has 3 rings (SSSR count). The number of hydrogen-bond donors (Lipinski definition) is 1. The molecule has 20 heavy (non-hydrogen) atoms. The van der Waals surface area contributed by atoms with E-state index in [9.17, 15) is 14.7 Å². The van der Waals surface area contributed by atoms with Crippen molar-refractivity contribution in [2.45, 2.75) is 38.2 Å². The van der Waals surface area contributed by atoms with Crippen molar-refractivity contribution >= 4 is 11.8 Å². The quantitative estimate of drug-likeness (QED) is 0.832. The lowest BCUT2D eigenvalue weighted by Crippen LogP contribution is -2.48. The van der Waals surface area contributed by atoms with Crippen LogP contribution in [0.1, 0.15) is 53.5 Å². The Kier molecular flexibility index (Phi) is 3.09. The summed E-state index contributed by atoms with van der Waals surface area (Å²) < 4.78 is 0. The Morgan fingerprint density at radius 1 is 1.45 bits per heavy atom. The van der Waals surface area contributed by atoms with Crippen molar-refractivity contribution in [2.24, 2.45) is 5.92 Å². The predicted octanol–water partition coefficient (Wildman–Crippen LogP) is 1.62. The molecule has 5 heteroatoms. The maximum Gasteiger partial charge on any atom is 0.280 e. The molecular formula is C15H18N2O3. The van der Waals surface area contributed by atoms with Gasteiger partial charge in [-0.15, -0.1) is 0 Å². The predicted molar refractivity (Wildman–Crippen MR) is 72.2 cm³/mol. The first-order chi connectivity index (χ1) is 9.50. The zero-order valence-electron chi connectivity index (χ0n) is 11.5. The summed E-state index contributed by atoms with van der Waals surface area (Å²) in [7, 11) is 0. The Hall–Kier alpha value is -1.75. The van der Waals surface area contributed by atoms with Crippen molar-refractivity contribution in [3.63, 3.8) is 0 Å². The largest absolute Gasteiger partial charge is 0.388 e. The van der Waals surface area contributed by atoms with Gasteiger partial charge in [0.15, 0.2) is 0 Å². The normalized spacial score (nSPS) is 29.7. The molecule has 0 aromatic carbocycles. The molecule has 1 aromatic heterocycles. The second kappa shape index (κ2) is 4.66. The van der Waals surface area contributed by atoms with Crippen molar-refractivity contribution in [1.82, 2.24) is 9.88 Å². The van der Waals surface area contributed by atoms with Gasteiger partial charge in [0, 0.05) is 6.20 Å². The summed E-state index contributed by atoms with van der Waals surface area (Å²) >= 11 is 0. The highest BCUT2D eigenvalue weighted by molar-refractivity contribution is 6.20. The summed E-state index contributed by atoms with van der Waals surface area (Å²) in [5.74, 6) is -0.316. The van der Waals surface area contributed by atoms with Crippen LogP contribution in [0.5, 0.6) is 0 Å². The highest BCUT2D eigenvalue weighted by Crippen LogP contribution is 2.34. The minimum absolute atomic E-state index is 0.0748. The number of imide groups is 1. The molecule has 0 saturated heterocycles. The minimum atomic E-state index is -0.953. The van der Waals surface area contributed by atoms with Crippen LogP contribution in [0.3, 0.4) is 0 Å². The molecule has 5 nitrogen and oxygen atoms in total. The fourth-order valence-electron chi connectivity index (χ4n) is 3.33. The third kappa shape index (κ3) is 2.12. The van der Waals surface area contributed by atoms with Crippen molar-refractivity contribution < 1.29 is 14.7 Å². The van der Waals surface area contributed by atoms with E-state index in [4.69, 9.17) is 0 Å². The molecule has 2 aliphatic rings. The van der Waals surface area contributed by atoms with Gasteiger partial charge in [-0.05, 0) is 30.9 Å². The molecule has 1 N–H and O–H groups in total. The number of carbonyl (C=O) groups excluding carboxylic acids is 2. The molecule has 1 saturated carbocycles. The van der Waals surface area contributed by atoms with Crippen LogP contribution in [-0.2, 0) is 0 Å². The molecule has 1 aliphatic carbocycles. The average Bonchev–Trinajstić information content (AvgIpc) is 2.64. The number of nitrogens with zero attached hydrogens (tertiary/aromatic N) is 2. The van der Waals surface area contributed by atoms with E-state index in [0.717, 1.165) is 17.7 Å². The standard InChI is InChI=1S/C15H18N2O3/c1-10-4-2-6-15(20,8-10)9-17-13(18)11-5-3-7-16-12(11)14(17)19/h3,5,7,10,20H,2,4,6,8-9H2,1H3. The van der Waals surface area contributed by atoms with Crippen molar-refractivity contribution in [1.29, 1.82) is 0 Å². The lowest BCUT2D eigenvalue weighted by atomic mass is 9.78. The highest BCUT2D eigenvalue weighted by atomic mass is 16.3. The van der Waals surface area contributed by atoms with Gasteiger partial charge in [0.2, 0.25) is 0 Å². The number of carbonyl (C=O) groups is 2. The molecule has 2 unspecified atom stereocenters. The molecular weight excluding hydrogens is 256 g/mol. The minimum Gasteiger partial charge on any atom is -0.388 e. The first kappa shape index (κ1) is 13.2. The lowest BCUT2D eigenvalue weighted by molar-refractivity contribution is -0.0309. The summed E-state index contributed by atoms with van der Waals surface area (Å²) in [6, 6.07) is 3.25. The van der Waals surface area contributed by atoms with E-state index in [2.05, 4.69) is 11.9 Å². The van der Waals surface area contributed by atoms with Crippen LogP contribution in [0, 0.1) is 5.92 Å². The Balaban J connectivity index is 1.83. The average molecular weight is 274 g/mol. The summed E-state index contributed by atoms with van der Waals surface area (Å²) in [5, 5.41) is 10.7. The lowest BCUT2D eigenvalue weighted by Gasteiger charge is -2.37. The number of β-amino-alcohol motifs (C(OH)–C–C–N with tert-alkyl or cyclic N) is 1. The third-order valence-corrected chi connectivity index (χ3v) is 4.25. The molecule has 106 valence electrons. The van der Waals surface area contributed by atoms with Crippen LogP contribution in [0.25, 0.3) is 0 Å². The second-order valence-corrected chi connectivity index (χ2v) is 6.02. The van der Waals surface area contributed by atoms with Crippen LogP contribution in [0.4, 0.5) is 0 Å². The van der Waals surface area contributed by atoms with E-state index >= 15 is 0 Å². The van der Waals surface area contributed by atoms with Gasteiger partial charge < -0.3 is 5.11 Å². The molecule has 2 atom stereocenters. The number of hydrogen-bond acceptors (Lipinski definition) is 4. The van der Waals surface area contributed by atoms with E-state index < -0.39 is 11.5 Å². The molecule has 0 bridgehead atoms. The number of aliphatic hydroxyl groups is 1. The van der Waals surface area contributed by atoms with Crippen molar-refractivity contribution in [3.8, 4) is 0 Å². The maximum absolute atomic E-state index is 12.3. The molecule has 1 aromatic rings. The molecule has 0 radical (unpaired) electrons. The topological polar surface area (TPSA) is 70.5 Å². The number of fused-ring (bicyclic) bond motifs is 1. The van der Waals surface area contributed by atoms with Crippen LogP contribution in [0.15, 0.2) is 18.3 Å². The molecule has 2 amide bonds. The monoisotopic (exact) mass is 274 g/mol. The zero-order valence-corrected chi connectivity index (χ0v) is 11.5. The molecule has 2 heterocycles. The van der Waals surface area contributed by atoms with Gasteiger partial charge in [-0.2, -0.15) is 0 Å². The summed E-state index contributed by atoms with van der Waals surface area (Å²) in [6.45, 7) is 2.17. The Bertz CT molecular complexity index is 537. The van der Waals surface area contributed by atoms with Gasteiger partial charge in [0.25, 0.3) is 11.8 Å². The zero-order chi connectivity index (χ0) is 14.3. The molecule has 1 fully saturated rings. The second-order valence-electron chi connectivity index (χ2n) is 6.02. The Morgan fingerprint density at radius 3 is 2.95 bits per heavy atom. The smallest absolute Gasteiger partial charge is 0.280 e. The van der Waals surface area contributed by atoms with E-state index in [1.807, 2.05) is 0 Å². The number of amides is 2. The summed E-state index contributed by atoms with van der Waals surface area (Å²) in [4.78, 5) is 29.6. The van der Waals surface area contributed by atoms with Crippen LogP contribution < -0.4 is 0 Å². The van der Waals surface area contributed by atoms with Gasteiger partial charge in [-0.1, -0.05) is 19.8 Å². The summed E-state index contributed by atoms with van der Waals surface area (Å²) in [5.41, 5.74) is -0.416. The third-order valence-electron chi connectivity index (χ3n) is 4.25. The van der Waals surface area contributed by atoms with Crippen LogP contribution in [0.2, 0.25) is 0 Å². The van der Waals surface area contributed by atoms with Gasteiger partial charge in [-0.3, -0.25) is 19.5 Å². The SMILES string of the molecule is CC1CCCC(O)(CN2C(=O)c3cccnc3C2=O)C1. The first-order valence-electron chi connectivity index (χ1n) is 7.04. The van der Waals surface area contributed by atoms with Gasteiger partial charge in [0.05, 0.1) is 17.7 Å². The van der Waals surface area contributed by atoms with Gasteiger partial charge in [0.1, 0.15) is 5.69 Å². The van der Waals surface area contributed by atoms with Gasteiger partial charge in [-0.25, -0.2) is 0 Å². The number of pyridine rings is 1. The Morgan fingerprint density at radius 2 is 2.25 bits per heavy atom. The van der Waals surface area contributed by atoms with Crippen LogP contribution >= 0.6 is 0 Å². The molecule has 1 aliphatic heterocycles. The fraction of sp³-hybridized carbons (Fsp3) is 0.533. The van der Waals surface area contributed by atoms with E-state index in [1.165, 1.54) is 6.20 Å². The Labute approximate surface area is 117 Å². The maximum atomic E-state index is 12.3. The summed E-state index contributed by atoms with van der Waals surface area (Å²) in [6.07, 6.45) is 4.79. The number of rotatable bonds is 2. The van der Waals surface area contributed by atoms with Crippen molar-refractivity contribution in [3.05, 3.63) is 29.6 Å². The number of aromatic nitrogens is 1. The first-order valence-corrected chi connectivity index (χ1v) is 7.04. The van der Waals surface area contributed by atoms with Crippen molar-refractivity contribution in [2.75, 3.05) is 6.54 Å². The molecule has 0 spiro atoms. The van der Waals surface area contributed by atoms with E-state index in [0.29, 0.717) is 24.3 Å². The van der Waals surface area contributed by atoms with E-state index in [-0.39, 0.29) is 18.1 Å². The van der Waals surface area contributed by atoms with Crippen LogP contribution in [-0.4, -0.2) is 39.0 Å². The fourth-order valence-corrected chi connectivity index (χ4v) is 3.33. The van der Waals surface area contributed by atoms with Gasteiger partial charge >= 0.3 is 0 Å². The highest BCUT2D eigenvalue weighted by Gasteiger charge is 2.43.